The molecule has 1 amide bonds. The molecule has 6 heteroatoms. The number of methoxy groups -OCH3 is 1. The van der Waals surface area contributed by atoms with E-state index < -0.39 is 0 Å². The highest BCUT2D eigenvalue weighted by atomic mass is 32.1. The second-order valence-corrected chi connectivity index (χ2v) is 8.24. The number of amides is 1. The van der Waals surface area contributed by atoms with Gasteiger partial charge in [-0.25, -0.2) is 0 Å². The predicted octanol–water partition coefficient (Wildman–Crippen LogP) is 2.88. The molecule has 2 aromatic rings. The summed E-state index contributed by atoms with van der Waals surface area (Å²) in [5.41, 5.74) is 2.16. The third-order valence-corrected chi connectivity index (χ3v) is 6.71. The Morgan fingerprint density at radius 1 is 1.33 bits per heavy atom. The second kappa shape index (κ2) is 8.00. The molecule has 144 valence electrons. The summed E-state index contributed by atoms with van der Waals surface area (Å²) in [4.78, 5) is 14.8. The van der Waals surface area contributed by atoms with Crippen molar-refractivity contribution < 1.29 is 14.3 Å². The van der Waals surface area contributed by atoms with Crippen molar-refractivity contribution in [3.05, 3.63) is 51.2 Å². The van der Waals surface area contributed by atoms with Gasteiger partial charge in [0.25, 0.3) is 5.91 Å². The van der Waals surface area contributed by atoms with Crippen LogP contribution in [0.2, 0.25) is 0 Å². The number of carbonyl (C=O) groups is 1. The van der Waals surface area contributed by atoms with E-state index in [1.165, 1.54) is 10.4 Å². The van der Waals surface area contributed by atoms with E-state index in [0.717, 1.165) is 61.6 Å². The van der Waals surface area contributed by atoms with Crippen LogP contribution in [0.1, 0.15) is 38.5 Å². The molecule has 2 N–H and O–H groups in total. The van der Waals surface area contributed by atoms with Gasteiger partial charge in [-0.1, -0.05) is 18.2 Å². The Balaban J connectivity index is 1.43. The quantitative estimate of drug-likeness (QED) is 0.830. The van der Waals surface area contributed by atoms with Crippen LogP contribution >= 0.6 is 11.3 Å². The molecule has 1 saturated heterocycles. The van der Waals surface area contributed by atoms with Crippen molar-refractivity contribution in [1.82, 2.24) is 10.6 Å². The average molecular weight is 387 g/mol. The van der Waals surface area contributed by atoms with Gasteiger partial charge in [-0.3, -0.25) is 4.79 Å². The number of rotatable bonds is 5. The first-order chi connectivity index (χ1) is 13.2. The lowest BCUT2D eigenvalue weighted by molar-refractivity contribution is -0.0792. The lowest BCUT2D eigenvalue weighted by atomic mass is 9.83. The molecule has 27 heavy (non-hydrogen) atoms. The summed E-state index contributed by atoms with van der Waals surface area (Å²) in [5, 5.41) is 6.47. The molecular weight excluding hydrogens is 360 g/mol. The van der Waals surface area contributed by atoms with Gasteiger partial charge in [-0.2, -0.15) is 0 Å². The molecule has 0 atom stereocenters. The van der Waals surface area contributed by atoms with Gasteiger partial charge in [-0.05, 0) is 55.6 Å². The van der Waals surface area contributed by atoms with Crippen molar-refractivity contribution >= 4 is 17.2 Å². The summed E-state index contributed by atoms with van der Waals surface area (Å²) in [7, 11) is 1.67. The molecule has 0 unspecified atom stereocenters. The topological polar surface area (TPSA) is 59.6 Å². The number of para-hydroxylation sites is 1. The van der Waals surface area contributed by atoms with E-state index in [0.29, 0.717) is 6.54 Å². The molecule has 2 aliphatic rings. The van der Waals surface area contributed by atoms with Gasteiger partial charge >= 0.3 is 0 Å². The van der Waals surface area contributed by atoms with Crippen LogP contribution in [0.3, 0.4) is 0 Å². The third kappa shape index (κ3) is 3.74. The summed E-state index contributed by atoms with van der Waals surface area (Å²) < 4.78 is 11.6. The van der Waals surface area contributed by atoms with Gasteiger partial charge in [0.05, 0.1) is 24.2 Å². The number of benzene rings is 1. The first-order valence-corrected chi connectivity index (χ1v) is 10.4. The zero-order valence-electron chi connectivity index (χ0n) is 15.7. The SMILES string of the molecule is COc1ccccc1CCNC(=O)c1cc2c(s1)CCOC21CCNCC1. The number of carbonyl (C=O) groups excluding carboxylic acids is 1. The maximum atomic E-state index is 12.7. The van der Waals surface area contributed by atoms with Crippen molar-refractivity contribution in [2.45, 2.75) is 31.3 Å². The third-order valence-electron chi connectivity index (χ3n) is 5.51. The summed E-state index contributed by atoms with van der Waals surface area (Å²) in [6.07, 6.45) is 3.61. The number of hydrogen-bond donors (Lipinski definition) is 2. The summed E-state index contributed by atoms with van der Waals surface area (Å²) in [6, 6.07) is 10.0. The fraction of sp³-hybridized carbons (Fsp3) is 0.476. The van der Waals surface area contributed by atoms with Crippen LogP contribution in [0, 0.1) is 0 Å². The standard InChI is InChI=1S/C21H26N2O3S/c1-25-17-5-3-2-4-15(17)6-10-23-20(24)19-14-16-18(27-19)7-13-26-21(16)8-11-22-12-9-21/h2-5,14,22H,6-13H2,1H3,(H,23,24). The molecule has 1 spiro atoms. The number of fused-ring (bicyclic) bond motifs is 2. The highest BCUT2D eigenvalue weighted by Gasteiger charge is 2.40. The number of nitrogens with one attached hydrogen (secondary N) is 2. The van der Waals surface area contributed by atoms with Crippen molar-refractivity contribution in [1.29, 1.82) is 0 Å². The van der Waals surface area contributed by atoms with Gasteiger partial charge < -0.3 is 20.1 Å². The predicted molar refractivity (Wildman–Crippen MR) is 107 cm³/mol. The van der Waals surface area contributed by atoms with Gasteiger partial charge in [0.15, 0.2) is 0 Å². The summed E-state index contributed by atoms with van der Waals surface area (Å²) >= 11 is 1.63. The monoisotopic (exact) mass is 386 g/mol. The second-order valence-electron chi connectivity index (χ2n) is 7.11. The molecule has 0 radical (unpaired) electrons. The lowest BCUT2D eigenvalue weighted by Gasteiger charge is -2.40. The van der Waals surface area contributed by atoms with E-state index in [-0.39, 0.29) is 11.5 Å². The molecule has 3 heterocycles. The number of thiophene rings is 1. The Kier molecular flexibility index (Phi) is 5.48. The van der Waals surface area contributed by atoms with E-state index in [1.54, 1.807) is 18.4 Å². The minimum atomic E-state index is -0.189. The van der Waals surface area contributed by atoms with Crippen LogP contribution in [0.5, 0.6) is 5.75 Å². The van der Waals surface area contributed by atoms with Crippen molar-refractivity contribution in [2.75, 3.05) is 33.4 Å². The maximum Gasteiger partial charge on any atom is 0.261 e. The molecule has 0 bridgehead atoms. The van der Waals surface area contributed by atoms with E-state index in [1.807, 2.05) is 24.3 Å². The Morgan fingerprint density at radius 2 is 2.15 bits per heavy atom. The Morgan fingerprint density at radius 3 is 2.96 bits per heavy atom. The van der Waals surface area contributed by atoms with Crippen molar-refractivity contribution in [2.24, 2.45) is 0 Å². The van der Waals surface area contributed by atoms with Crippen molar-refractivity contribution in [3.63, 3.8) is 0 Å². The molecule has 2 aliphatic heterocycles. The van der Waals surface area contributed by atoms with Gasteiger partial charge in [0, 0.05) is 17.8 Å². The smallest absolute Gasteiger partial charge is 0.261 e. The fourth-order valence-electron chi connectivity index (χ4n) is 4.08. The summed E-state index contributed by atoms with van der Waals surface area (Å²) in [6.45, 7) is 3.28. The Hall–Kier alpha value is -1.89. The van der Waals surface area contributed by atoms with E-state index in [9.17, 15) is 4.79 Å². The van der Waals surface area contributed by atoms with Crippen LogP contribution < -0.4 is 15.4 Å². The Labute approximate surface area is 164 Å². The Bertz CT molecular complexity index is 812. The molecule has 1 aromatic carbocycles. The molecule has 1 fully saturated rings. The molecule has 4 rings (SSSR count). The first-order valence-electron chi connectivity index (χ1n) is 9.60. The van der Waals surface area contributed by atoms with Crippen LogP contribution in [-0.4, -0.2) is 39.3 Å². The lowest BCUT2D eigenvalue weighted by Crippen LogP contribution is -2.44. The molecule has 1 aromatic heterocycles. The molecule has 0 aliphatic carbocycles. The van der Waals surface area contributed by atoms with Crippen molar-refractivity contribution in [3.8, 4) is 5.75 Å². The maximum absolute atomic E-state index is 12.7. The van der Waals surface area contributed by atoms with E-state index >= 15 is 0 Å². The van der Waals surface area contributed by atoms with Crippen LogP contribution in [-0.2, 0) is 23.2 Å². The first kappa shape index (κ1) is 18.5. The molecule has 0 saturated carbocycles. The number of piperidine rings is 1. The minimum absolute atomic E-state index is 0.00776. The van der Waals surface area contributed by atoms with Crippen LogP contribution in [0.4, 0.5) is 0 Å². The van der Waals surface area contributed by atoms with Gasteiger partial charge in [0.1, 0.15) is 5.75 Å². The van der Waals surface area contributed by atoms with Crippen LogP contribution in [0.25, 0.3) is 0 Å². The average Bonchev–Trinajstić information content (AvgIpc) is 3.15. The van der Waals surface area contributed by atoms with Gasteiger partial charge in [-0.15, -0.1) is 11.3 Å². The van der Waals surface area contributed by atoms with Crippen LogP contribution in [0.15, 0.2) is 30.3 Å². The summed E-state index contributed by atoms with van der Waals surface area (Å²) in [5.74, 6) is 0.872. The van der Waals surface area contributed by atoms with E-state index in [2.05, 4.69) is 16.7 Å². The molecule has 5 nitrogen and oxygen atoms in total. The zero-order chi connectivity index (χ0) is 18.7. The van der Waals surface area contributed by atoms with Gasteiger partial charge in [0.2, 0.25) is 0 Å². The minimum Gasteiger partial charge on any atom is -0.496 e. The normalized spacial score (nSPS) is 18.1. The zero-order valence-corrected chi connectivity index (χ0v) is 16.5. The highest BCUT2D eigenvalue weighted by molar-refractivity contribution is 7.14. The number of hydrogen-bond acceptors (Lipinski definition) is 5. The van der Waals surface area contributed by atoms with E-state index in [4.69, 9.17) is 9.47 Å². The highest BCUT2D eigenvalue weighted by Crippen LogP contribution is 2.43. The molecular formula is C21H26N2O3S. The fourth-order valence-corrected chi connectivity index (χ4v) is 5.23. The number of ether oxygens (including phenoxy) is 2. The largest absolute Gasteiger partial charge is 0.496 e.